The van der Waals surface area contributed by atoms with Crippen LogP contribution in [0.1, 0.15) is 35.0 Å². The van der Waals surface area contributed by atoms with Crippen LogP contribution < -0.4 is 10.1 Å². The summed E-state index contributed by atoms with van der Waals surface area (Å²) in [4.78, 5) is 18.0. The minimum atomic E-state index is -0.165. The van der Waals surface area contributed by atoms with Crippen LogP contribution in [0.25, 0.3) is 22.3 Å². The van der Waals surface area contributed by atoms with Crippen LogP contribution in [-0.4, -0.2) is 37.6 Å². The van der Waals surface area contributed by atoms with Gasteiger partial charge in [0.25, 0.3) is 5.91 Å². The number of nitrogens with zero attached hydrogens (tertiary/aromatic N) is 5. The molecule has 0 atom stereocenters. The highest BCUT2D eigenvalue weighted by molar-refractivity contribution is 6.07. The van der Waals surface area contributed by atoms with Gasteiger partial charge in [0.1, 0.15) is 5.75 Å². The maximum atomic E-state index is 13.2. The Kier molecular flexibility index (Phi) is 5.70. The third kappa shape index (κ3) is 4.14. The summed E-state index contributed by atoms with van der Waals surface area (Å²) >= 11 is 0. The zero-order valence-electron chi connectivity index (χ0n) is 18.2. The van der Waals surface area contributed by atoms with E-state index in [-0.39, 0.29) is 5.91 Å². The molecule has 1 N–H and O–H groups in total. The maximum absolute atomic E-state index is 13.2. The predicted octanol–water partition coefficient (Wildman–Crippen LogP) is 3.49. The summed E-state index contributed by atoms with van der Waals surface area (Å²) in [7, 11) is 3.47. The summed E-state index contributed by atoms with van der Waals surface area (Å²) in [6.45, 7) is 5.26. The van der Waals surface area contributed by atoms with Gasteiger partial charge >= 0.3 is 0 Å². The van der Waals surface area contributed by atoms with Crippen LogP contribution in [-0.2, 0) is 20.1 Å². The van der Waals surface area contributed by atoms with Crippen molar-refractivity contribution < 1.29 is 9.53 Å². The van der Waals surface area contributed by atoms with Crippen LogP contribution in [0.4, 0.5) is 0 Å². The van der Waals surface area contributed by atoms with Gasteiger partial charge in [-0.3, -0.25) is 14.2 Å². The molecule has 8 heteroatoms. The van der Waals surface area contributed by atoms with Gasteiger partial charge < -0.3 is 10.1 Å². The number of hydrogen-bond donors (Lipinski definition) is 1. The number of rotatable bonds is 7. The second kappa shape index (κ2) is 8.59. The third-order valence-corrected chi connectivity index (χ3v) is 5.19. The highest BCUT2D eigenvalue weighted by Gasteiger charge is 2.19. The highest BCUT2D eigenvalue weighted by atomic mass is 16.5. The van der Waals surface area contributed by atoms with Crippen LogP contribution in [0.15, 0.2) is 42.7 Å². The molecule has 0 radical (unpaired) electrons. The van der Waals surface area contributed by atoms with Gasteiger partial charge in [-0.2, -0.15) is 10.2 Å². The Hall–Kier alpha value is -3.68. The number of aryl methyl sites for hydroxylation is 3. The monoisotopic (exact) mass is 418 g/mol. The molecule has 4 rings (SSSR count). The minimum absolute atomic E-state index is 0.165. The number of fused-ring (bicyclic) bond motifs is 1. The molecule has 1 aromatic carbocycles. The first-order chi connectivity index (χ1) is 15.0. The molecule has 1 amide bonds. The summed E-state index contributed by atoms with van der Waals surface area (Å²) in [6.07, 6.45) is 4.76. The fourth-order valence-corrected chi connectivity index (χ4v) is 3.66. The molecule has 0 spiro atoms. The summed E-state index contributed by atoms with van der Waals surface area (Å²) in [5.41, 5.74) is 4.57. The molecule has 160 valence electrons. The van der Waals surface area contributed by atoms with E-state index in [2.05, 4.69) is 22.4 Å². The first-order valence-electron chi connectivity index (χ1n) is 10.3. The van der Waals surface area contributed by atoms with Crippen molar-refractivity contribution in [2.24, 2.45) is 7.05 Å². The summed E-state index contributed by atoms with van der Waals surface area (Å²) in [6, 6.07) is 9.45. The van der Waals surface area contributed by atoms with E-state index in [4.69, 9.17) is 9.72 Å². The second-order valence-corrected chi connectivity index (χ2v) is 7.49. The Bertz CT molecular complexity index is 1220. The molecule has 0 aliphatic rings. The van der Waals surface area contributed by atoms with Gasteiger partial charge in [-0.25, -0.2) is 4.98 Å². The van der Waals surface area contributed by atoms with Crippen LogP contribution >= 0.6 is 0 Å². The third-order valence-electron chi connectivity index (χ3n) is 5.19. The molecular formula is C23H26N6O2. The number of benzene rings is 1. The van der Waals surface area contributed by atoms with Crippen molar-refractivity contribution >= 4 is 16.9 Å². The number of nitrogens with one attached hydrogen (secondary N) is 1. The van der Waals surface area contributed by atoms with Crippen molar-refractivity contribution in [2.45, 2.75) is 33.4 Å². The van der Waals surface area contributed by atoms with Crippen LogP contribution in [0.2, 0.25) is 0 Å². The largest absolute Gasteiger partial charge is 0.497 e. The van der Waals surface area contributed by atoms with Crippen molar-refractivity contribution in [3.05, 3.63) is 59.5 Å². The SMILES string of the molecule is CCCn1cc(CNC(=O)c2cc(-c3ccc(OC)cc3)nc3c2c(C)nn3C)cn1. The van der Waals surface area contributed by atoms with Gasteiger partial charge in [0.05, 0.1) is 35.6 Å². The molecule has 8 nitrogen and oxygen atoms in total. The van der Waals surface area contributed by atoms with Gasteiger partial charge in [0.15, 0.2) is 5.65 Å². The number of carbonyl (C=O) groups is 1. The Morgan fingerprint density at radius 1 is 1.23 bits per heavy atom. The van der Waals surface area contributed by atoms with Crippen LogP contribution in [0.5, 0.6) is 5.75 Å². The molecule has 0 unspecified atom stereocenters. The molecule has 0 saturated heterocycles. The number of hydrogen-bond acceptors (Lipinski definition) is 5. The molecule has 4 aromatic rings. The van der Waals surface area contributed by atoms with E-state index in [1.165, 1.54) is 0 Å². The molecular weight excluding hydrogens is 392 g/mol. The Balaban J connectivity index is 1.68. The second-order valence-electron chi connectivity index (χ2n) is 7.49. The fraction of sp³-hybridized carbons (Fsp3) is 0.304. The van der Waals surface area contributed by atoms with Crippen molar-refractivity contribution in [2.75, 3.05) is 7.11 Å². The highest BCUT2D eigenvalue weighted by Crippen LogP contribution is 2.28. The van der Waals surface area contributed by atoms with E-state index in [1.807, 2.05) is 55.2 Å². The molecule has 0 aliphatic heterocycles. The van der Waals surface area contributed by atoms with E-state index in [0.29, 0.717) is 23.4 Å². The lowest BCUT2D eigenvalue weighted by Crippen LogP contribution is -2.23. The Labute approximate surface area is 180 Å². The average molecular weight is 419 g/mol. The lowest BCUT2D eigenvalue weighted by Gasteiger charge is -2.09. The zero-order valence-corrected chi connectivity index (χ0v) is 18.2. The summed E-state index contributed by atoms with van der Waals surface area (Å²) < 4.78 is 8.84. The fourth-order valence-electron chi connectivity index (χ4n) is 3.66. The number of aromatic nitrogens is 5. The van der Waals surface area contributed by atoms with Crippen LogP contribution in [0.3, 0.4) is 0 Å². The average Bonchev–Trinajstić information content (AvgIpc) is 3.35. The first kappa shape index (κ1) is 20.6. The predicted molar refractivity (Wildman–Crippen MR) is 119 cm³/mol. The molecule has 0 fully saturated rings. The van der Waals surface area contributed by atoms with E-state index < -0.39 is 0 Å². The standard InChI is InChI=1S/C23H26N6O2/c1-5-10-29-14-16(13-25-29)12-24-23(30)19-11-20(17-6-8-18(31-4)9-7-17)26-22-21(19)15(2)27-28(22)3/h6-9,11,13-14H,5,10,12H2,1-4H3,(H,24,30). The quantitative estimate of drug-likeness (QED) is 0.496. The van der Waals surface area contributed by atoms with Gasteiger partial charge in [-0.15, -0.1) is 0 Å². The molecule has 3 heterocycles. The van der Waals surface area contributed by atoms with Crippen molar-refractivity contribution in [1.82, 2.24) is 29.9 Å². The summed E-state index contributed by atoms with van der Waals surface area (Å²) in [5, 5.41) is 12.6. The number of pyridine rings is 1. The van der Waals surface area contributed by atoms with E-state index in [1.54, 1.807) is 18.0 Å². The van der Waals surface area contributed by atoms with Gasteiger partial charge in [0.2, 0.25) is 0 Å². The number of amides is 1. The van der Waals surface area contributed by atoms with Crippen molar-refractivity contribution in [3.63, 3.8) is 0 Å². The van der Waals surface area contributed by atoms with Gasteiger partial charge in [-0.1, -0.05) is 6.92 Å². The number of methoxy groups -OCH3 is 1. The van der Waals surface area contributed by atoms with Crippen LogP contribution in [0, 0.1) is 6.92 Å². The first-order valence-corrected chi connectivity index (χ1v) is 10.3. The van der Waals surface area contributed by atoms with Crippen molar-refractivity contribution in [1.29, 1.82) is 0 Å². The molecule has 3 aromatic heterocycles. The lowest BCUT2D eigenvalue weighted by molar-refractivity contribution is 0.0952. The molecule has 0 bridgehead atoms. The lowest BCUT2D eigenvalue weighted by atomic mass is 10.0. The normalized spacial score (nSPS) is 11.1. The van der Waals surface area contributed by atoms with E-state index >= 15 is 0 Å². The minimum Gasteiger partial charge on any atom is -0.497 e. The van der Waals surface area contributed by atoms with E-state index in [9.17, 15) is 4.79 Å². The van der Waals surface area contributed by atoms with Gasteiger partial charge in [0, 0.05) is 37.5 Å². The molecule has 0 aliphatic carbocycles. The summed E-state index contributed by atoms with van der Waals surface area (Å²) in [5.74, 6) is 0.601. The smallest absolute Gasteiger partial charge is 0.252 e. The maximum Gasteiger partial charge on any atom is 0.252 e. The van der Waals surface area contributed by atoms with Gasteiger partial charge in [-0.05, 0) is 43.7 Å². The van der Waals surface area contributed by atoms with Crippen molar-refractivity contribution in [3.8, 4) is 17.0 Å². The zero-order chi connectivity index (χ0) is 22.0. The topological polar surface area (TPSA) is 86.9 Å². The molecule has 0 saturated carbocycles. The number of carbonyl (C=O) groups excluding carboxylic acids is 1. The number of ether oxygens (including phenoxy) is 1. The van der Waals surface area contributed by atoms with E-state index in [0.717, 1.165) is 40.9 Å². The molecule has 31 heavy (non-hydrogen) atoms. The Morgan fingerprint density at radius 2 is 2.00 bits per heavy atom. The Morgan fingerprint density at radius 3 is 2.71 bits per heavy atom.